The zero-order valence-electron chi connectivity index (χ0n) is 15.4. The van der Waals surface area contributed by atoms with Gasteiger partial charge in [-0.05, 0) is 38.1 Å². The Morgan fingerprint density at radius 3 is 2.55 bits per heavy atom. The minimum atomic E-state index is -4.64. The Morgan fingerprint density at radius 1 is 1.24 bits per heavy atom. The van der Waals surface area contributed by atoms with E-state index in [9.17, 15) is 22.8 Å². The van der Waals surface area contributed by atoms with Gasteiger partial charge in [0.2, 0.25) is 5.65 Å². The number of H-pyrrole nitrogens is 1. The summed E-state index contributed by atoms with van der Waals surface area (Å²) >= 11 is 0. The van der Waals surface area contributed by atoms with Gasteiger partial charge in [-0.25, -0.2) is 9.78 Å². The van der Waals surface area contributed by atoms with E-state index in [1.54, 1.807) is 26.0 Å². The van der Waals surface area contributed by atoms with E-state index < -0.39 is 23.3 Å². The average Bonchev–Trinajstić information content (AvgIpc) is 3.29. The van der Waals surface area contributed by atoms with Crippen molar-refractivity contribution in [2.75, 3.05) is 6.61 Å². The molecule has 3 heterocycles. The van der Waals surface area contributed by atoms with Crippen LogP contribution in [-0.2, 0) is 10.9 Å². The Bertz CT molecular complexity index is 1300. The van der Waals surface area contributed by atoms with Crippen LogP contribution in [0.4, 0.5) is 13.2 Å². The number of esters is 1. The fourth-order valence-electron chi connectivity index (χ4n) is 3.32. The van der Waals surface area contributed by atoms with Crippen molar-refractivity contribution in [1.82, 2.24) is 18.9 Å². The molecule has 3 aromatic heterocycles. The molecule has 1 aromatic carbocycles. The molecule has 7 nitrogen and oxygen atoms in total. The van der Waals surface area contributed by atoms with E-state index in [1.165, 1.54) is 27.4 Å². The Balaban J connectivity index is 2.12. The summed E-state index contributed by atoms with van der Waals surface area (Å²) in [5.41, 5.74) is -1.35. The van der Waals surface area contributed by atoms with E-state index in [0.29, 0.717) is 5.69 Å². The van der Waals surface area contributed by atoms with Crippen LogP contribution in [0, 0.1) is 6.92 Å². The molecule has 0 saturated heterocycles. The fourth-order valence-corrected chi connectivity index (χ4v) is 3.32. The van der Waals surface area contributed by atoms with E-state index in [0.717, 1.165) is 6.07 Å². The maximum Gasteiger partial charge on any atom is 0.418 e. The number of aryl methyl sites for hydroxylation is 1. The summed E-state index contributed by atoms with van der Waals surface area (Å²) in [5.74, 6) is -0.709. The average molecular weight is 404 g/mol. The summed E-state index contributed by atoms with van der Waals surface area (Å²) in [4.78, 5) is 31.1. The van der Waals surface area contributed by atoms with Crippen LogP contribution in [-0.4, -0.2) is 31.5 Å². The second-order valence-electron chi connectivity index (χ2n) is 6.35. The molecule has 1 N–H and O–H groups in total. The zero-order chi connectivity index (χ0) is 20.9. The number of alkyl halides is 3. The van der Waals surface area contributed by atoms with Crippen LogP contribution in [0.25, 0.3) is 22.4 Å². The monoisotopic (exact) mass is 404 g/mol. The van der Waals surface area contributed by atoms with Gasteiger partial charge in [-0.1, -0.05) is 0 Å². The number of carbonyl (C=O) groups excluding carboxylic acids is 1. The first kappa shape index (κ1) is 18.8. The summed E-state index contributed by atoms with van der Waals surface area (Å²) in [6.07, 6.45) is -1.66. The van der Waals surface area contributed by atoms with E-state index in [4.69, 9.17) is 4.74 Å². The topological polar surface area (TPSA) is 81.4 Å². The normalized spacial score (nSPS) is 12.0. The molecule has 0 aliphatic rings. The third-order valence-corrected chi connectivity index (χ3v) is 4.57. The summed E-state index contributed by atoms with van der Waals surface area (Å²) in [6.45, 7) is 3.31. The number of hydrogen-bond donors (Lipinski definition) is 1. The lowest BCUT2D eigenvalue weighted by molar-refractivity contribution is -0.137. The first-order chi connectivity index (χ1) is 13.7. The number of carbonyl (C=O) groups is 1. The van der Waals surface area contributed by atoms with Gasteiger partial charge >= 0.3 is 12.1 Å². The third kappa shape index (κ3) is 2.96. The summed E-state index contributed by atoms with van der Waals surface area (Å²) < 4.78 is 48.7. The minimum absolute atomic E-state index is 0.0263. The van der Waals surface area contributed by atoms with Crippen molar-refractivity contribution in [3.05, 3.63) is 64.0 Å². The lowest BCUT2D eigenvalue weighted by Crippen LogP contribution is -2.15. The molecule has 0 bridgehead atoms. The van der Waals surface area contributed by atoms with E-state index in [1.807, 2.05) is 0 Å². The van der Waals surface area contributed by atoms with Crippen LogP contribution >= 0.6 is 0 Å². The second-order valence-corrected chi connectivity index (χ2v) is 6.35. The Hall–Kier alpha value is -3.56. The Morgan fingerprint density at radius 2 is 1.93 bits per heavy atom. The molecule has 0 spiro atoms. The number of imidazole rings is 1. The van der Waals surface area contributed by atoms with E-state index >= 15 is 0 Å². The van der Waals surface area contributed by atoms with Crippen molar-refractivity contribution in [1.29, 1.82) is 0 Å². The number of benzene rings is 1. The lowest BCUT2D eigenvalue weighted by atomic mass is 10.1. The number of halogens is 3. The number of rotatable bonds is 3. The number of nitrogens with zero attached hydrogens (tertiary/aromatic N) is 3. The highest BCUT2D eigenvalue weighted by atomic mass is 19.4. The SMILES string of the molecule is CCOC(=O)c1nc2c(=O)[nH]c3cc(C(F)(F)F)c(-n4cccc4)cc3n2c1C. The predicted molar refractivity (Wildman–Crippen MR) is 98.3 cm³/mol. The van der Waals surface area contributed by atoms with Gasteiger partial charge in [0.25, 0.3) is 5.56 Å². The number of aromatic amines is 1. The molecular weight excluding hydrogens is 389 g/mol. The van der Waals surface area contributed by atoms with Gasteiger partial charge in [0, 0.05) is 12.4 Å². The number of hydrogen-bond acceptors (Lipinski definition) is 4. The largest absolute Gasteiger partial charge is 0.461 e. The van der Waals surface area contributed by atoms with Crippen LogP contribution in [0.1, 0.15) is 28.7 Å². The van der Waals surface area contributed by atoms with Gasteiger partial charge in [-0.2, -0.15) is 13.2 Å². The molecule has 0 radical (unpaired) electrons. The number of nitrogens with one attached hydrogen (secondary N) is 1. The van der Waals surface area contributed by atoms with Crippen molar-refractivity contribution in [3.63, 3.8) is 0 Å². The highest BCUT2D eigenvalue weighted by molar-refractivity contribution is 5.91. The molecule has 29 heavy (non-hydrogen) atoms. The summed E-state index contributed by atoms with van der Waals surface area (Å²) in [7, 11) is 0. The maximum absolute atomic E-state index is 13.7. The molecule has 0 aliphatic carbocycles. The number of ether oxygens (including phenoxy) is 1. The summed E-state index contributed by atoms with van der Waals surface area (Å²) in [6, 6.07) is 5.40. The Kier molecular flexibility index (Phi) is 4.21. The van der Waals surface area contributed by atoms with Crippen molar-refractivity contribution in [2.24, 2.45) is 0 Å². The lowest BCUT2D eigenvalue weighted by Gasteiger charge is -2.16. The number of fused-ring (bicyclic) bond motifs is 3. The van der Waals surface area contributed by atoms with E-state index in [2.05, 4.69) is 9.97 Å². The molecule has 10 heteroatoms. The number of aromatic nitrogens is 4. The predicted octanol–water partition coefficient (Wildman–Crippen LogP) is 3.47. The standard InChI is InChI=1S/C19H15F3N4O3/c1-3-29-18(28)15-10(2)26-14-9-13(25-6-4-5-7-25)11(19(20,21)22)8-12(14)23-17(27)16(26)24-15/h4-9H,3H2,1-2H3,(H,23,27). The first-order valence-electron chi connectivity index (χ1n) is 8.69. The van der Waals surface area contributed by atoms with Crippen LogP contribution in [0.15, 0.2) is 41.5 Å². The highest BCUT2D eigenvalue weighted by Gasteiger charge is 2.35. The summed E-state index contributed by atoms with van der Waals surface area (Å²) in [5, 5.41) is 0. The molecule has 0 unspecified atom stereocenters. The van der Waals surface area contributed by atoms with Crippen LogP contribution in [0.2, 0.25) is 0 Å². The van der Waals surface area contributed by atoms with Gasteiger partial charge in [-0.15, -0.1) is 0 Å². The molecule has 0 saturated carbocycles. The van der Waals surface area contributed by atoms with Gasteiger partial charge < -0.3 is 14.3 Å². The van der Waals surface area contributed by atoms with Gasteiger partial charge in [0.1, 0.15) is 0 Å². The van der Waals surface area contributed by atoms with Crippen LogP contribution in [0.5, 0.6) is 0 Å². The van der Waals surface area contributed by atoms with Crippen LogP contribution < -0.4 is 5.56 Å². The van der Waals surface area contributed by atoms with Crippen molar-refractivity contribution in [2.45, 2.75) is 20.0 Å². The van der Waals surface area contributed by atoms with Gasteiger partial charge in [0.15, 0.2) is 5.69 Å². The smallest absolute Gasteiger partial charge is 0.418 e. The van der Waals surface area contributed by atoms with Crippen LogP contribution in [0.3, 0.4) is 0 Å². The van der Waals surface area contributed by atoms with Gasteiger partial charge in [0.05, 0.1) is 34.6 Å². The van der Waals surface area contributed by atoms with Crippen molar-refractivity contribution >= 4 is 22.6 Å². The zero-order valence-corrected chi connectivity index (χ0v) is 15.4. The fraction of sp³-hybridized carbons (Fsp3) is 0.211. The molecule has 0 amide bonds. The molecule has 0 aliphatic heterocycles. The molecule has 4 rings (SSSR count). The molecule has 0 fully saturated rings. The molecule has 150 valence electrons. The van der Waals surface area contributed by atoms with Gasteiger partial charge in [-0.3, -0.25) is 9.20 Å². The van der Waals surface area contributed by atoms with E-state index in [-0.39, 0.29) is 34.7 Å². The quantitative estimate of drug-likeness (QED) is 0.530. The maximum atomic E-state index is 13.7. The Labute approximate surface area is 161 Å². The minimum Gasteiger partial charge on any atom is -0.461 e. The highest BCUT2D eigenvalue weighted by Crippen LogP contribution is 2.36. The molecular formula is C19H15F3N4O3. The third-order valence-electron chi connectivity index (χ3n) is 4.57. The second kappa shape index (κ2) is 6.50. The van der Waals surface area contributed by atoms with Crippen molar-refractivity contribution < 1.29 is 22.7 Å². The first-order valence-corrected chi connectivity index (χ1v) is 8.69. The molecule has 4 aromatic rings. The van der Waals surface area contributed by atoms with Crippen molar-refractivity contribution in [3.8, 4) is 5.69 Å². The molecule has 0 atom stereocenters.